The number of carboxylic acid groups (broad SMARTS) is 1. The lowest BCUT2D eigenvalue weighted by Gasteiger charge is -2.33. The van der Waals surface area contributed by atoms with Gasteiger partial charge in [0.1, 0.15) is 0 Å². The van der Waals surface area contributed by atoms with Crippen molar-refractivity contribution in [2.24, 2.45) is 5.41 Å². The standard InChI is InChI=1S/C16H27NO3S/c1-21-13-7-3-2-6-12(13)17-14(18)10-16(11-15(19)20)8-4-5-9-16/h12-13H,2-11H2,1H3,(H,17,18)(H,19,20). The van der Waals surface area contributed by atoms with Gasteiger partial charge in [0, 0.05) is 17.7 Å². The molecule has 2 fully saturated rings. The van der Waals surface area contributed by atoms with Gasteiger partial charge in [-0.25, -0.2) is 0 Å². The van der Waals surface area contributed by atoms with E-state index in [0.29, 0.717) is 11.7 Å². The predicted molar refractivity (Wildman–Crippen MR) is 85.5 cm³/mol. The van der Waals surface area contributed by atoms with Crippen LogP contribution in [0.3, 0.4) is 0 Å². The predicted octanol–water partition coefficient (Wildman–Crippen LogP) is 3.20. The van der Waals surface area contributed by atoms with Crippen LogP contribution in [0.2, 0.25) is 0 Å². The van der Waals surface area contributed by atoms with E-state index in [1.807, 2.05) is 11.8 Å². The Morgan fingerprint density at radius 2 is 1.81 bits per heavy atom. The fourth-order valence-electron chi connectivity index (χ4n) is 4.00. The number of rotatable bonds is 6. The zero-order valence-corrected chi connectivity index (χ0v) is 13.7. The lowest BCUT2D eigenvalue weighted by molar-refractivity contribution is -0.140. The van der Waals surface area contributed by atoms with Gasteiger partial charge in [0.05, 0.1) is 6.42 Å². The fourth-order valence-corrected chi connectivity index (χ4v) is 4.94. The Morgan fingerprint density at radius 3 is 2.43 bits per heavy atom. The van der Waals surface area contributed by atoms with Crippen LogP contribution in [0.4, 0.5) is 0 Å². The molecule has 0 radical (unpaired) electrons. The minimum Gasteiger partial charge on any atom is -0.481 e. The molecule has 0 aliphatic heterocycles. The van der Waals surface area contributed by atoms with Crippen LogP contribution in [0.1, 0.15) is 64.2 Å². The van der Waals surface area contributed by atoms with Gasteiger partial charge in [-0.1, -0.05) is 25.7 Å². The van der Waals surface area contributed by atoms with Gasteiger partial charge >= 0.3 is 5.97 Å². The Bertz CT molecular complexity index is 380. The maximum Gasteiger partial charge on any atom is 0.303 e. The van der Waals surface area contributed by atoms with E-state index in [-0.39, 0.29) is 23.8 Å². The summed E-state index contributed by atoms with van der Waals surface area (Å²) in [5, 5.41) is 12.8. The molecular weight excluding hydrogens is 286 g/mol. The highest BCUT2D eigenvalue weighted by Gasteiger charge is 2.38. The highest BCUT2D eigenvalue weighted by atomic mass is 32.2. The SMILES string of the molecule is CSC1CCCCC1NC(=O)CC1(CC(=O)O)CCCC1. The highest BCUT2D eigenvalue weighted by molar-refractivity contribution is 7.99. The molecule has 0 spiro atoms. The summed E-state index contributed by atoms with van der Waals surface area (Å²) < 4.78 is 0. The van der Waals surface area contributed by atoms with Crippen molar-refractivity contribution in [3.63, 3.8) is 0 Å². The van der Waals surface area contributed by atoms with Crippen molar-refractivity contribution in [1.82, 2.24) is 5.32 Å². The van der Waals surface area contributed by atoms with Crippen molar-refractivity contribution < 1.29 is 14.7 Å². The third-order valence-electron chi connectivity index (χ3n) is 5.08. The Hall–Kier alpha value is -0.710. The normalized spacial score (nSPS) is 28.2. The summed E-state index contributed by atoms with van der Waals surface area (Å²) in [6.45, 7) is 0. The summed E-state index contributed by atoms with van der Waals surface area (Å²) in [7, 11) is 0. The van der Waals surface area contributed by atoms with Gasteiger partial charge in [0.25, 0.3) is 0 Å². The number of amides is 1. The number of nitrogens with one attached hydrogen (secondary N) is 1. The number of hydrogen-bond acceptors (Lipinski definition) is 3. The summed E-state index contributed by atoms with van der Waals surface area (Å²) in [4.78, 5) is 23.5. The van der Waals surface area contributed by atoms with Crippen molar-refractivity contribution >= 4 is 23.6 Å². The van der Waals surface area contributed by atoms with Gasteiger partial charge in [-0.2, -0.15) is 11.8 Å². The van der Waals surface area contributed by atoms with Crippen molar-refractivity contribution in [3.05, 3.63) is 0 Å². The Labute approximate surface area is 131 Å². The number of carbonyl (C=O) groups is 2. The average Bonchev–Trinajstić information content (AvgIpc) is 2.86. The topological polar surface area (TPSA) is 66.4 Å². The summed E-state index contributed by atoms with van der Waals surface area (Å²) in [5.74, 6) is -0.714. The third-order valence-corrected chi connectivity index (χ3v) is 6.25. The van der Waals surface area contributed by atoms with Crippen LogP contribution in [0.5, 0.6) is 0 Å². The van der Waals surface area contributed by atoms with Gasteiger partial charge in [0.2, 0.25) is 5.91 Å². The van der Waals surface area contributed by atoms with E-state index in [4.69, 9.17) is 5.11 Å². The lowest BCUT2D eigenvalue weighted by atomic mass is 9.79. The summed E-state index contributed by atoms with van der Waals surface area (Å²) in [5.41, 5.74) is -0.292. The van der Waals surface area contributed by atoms with Crippen LogP contribution in [-0.4, -0.2) is 34.5 Å². The second-order valence-electron chi connectivity index (χ2n) is 6.69. The molecule has 2 aliphatic rings. The molecule has 2 unspecified atom stereocenters. The second kappa shape index (κ2) is 7.52. The molecule has 0 saturated heterocycles. The molecule has 120 valence electrons. The zero-order valence-electron chi connectivity index (χ0n) is 12.9. The molecule has 2 N–H and O–H groups in total. The Kier molecular flexibility index (Phi) is 5.97. The van der Waals surface area contributed by atoms with Crippen LogP contribution in [-0.2, 0) is 9.59 Å². The molecule has 4 nitrogen and oxygen atoms in total. The quantitative estimate of drug-likeness (QED) is 0.790. The van der Waals surface area contributed by atoms with E-state index in [9.17, 15) is 9.59 Å². The molecule has 5 heteroatoms. The van der Waals surface area contributed by atoms with Crippen LogP contribution < -0.4 is 5.32 Å². The summed E-state index contributed by atoms with van der Waals surface area (Å²) >= 11 is 1.84. The molecule has 2 aliphatic carbocycles. The number of thioether (sulfide) groups is 1. The van der Waals surface area contributed by atoms with E-state index in [1.54, 1.807) is 0 Å². The molecule has 0 aromatic heterocycles. The monoisotopic (exact) mass is 313 g/mol. The van der Waals surface area contributed by atoms with Gasteiger partial charge in [0.15, 0.2) is 0 Å². The van der Waals surface area contributed by atoms with Crippen molar-refractivity contribution in [1.29, 1.82) is 0 Å². The molecule has 0 aromatic rings. The second-order valence-corrected chi connectivity index (χ2v) is 7.76. The summed E-state index contributed by atoms with van der Waals surface area (Å²) in [6, 6.07) is 0.268. The lowest BCUT2D eigenvalue weighted by Crippen LogP contribution is -2.45. The number of aliphatic carboxylic acids is 1. The molecule has 1 amide bonds. The minimum absolute atomic E-state index is 0.0594. The highest BCUT2D eigenvalue weighted by Crippen LogP contribution is 2.44. The first-order chi connectivity index (χ1) is 10.0. The molecule has 2 saturated carbocycles. The van der Waals surface area contributed by atoms with E-state index in [0.717, 1.165) is 32.1 Å². The molecule has 0 aromatic carbocycles. The molecule has 2 atom stereocenters. The van der Waals surface area contributed by atoms with Crippen LogP contribution in [0, 0.1) is 5.41 Å². The van der Waals surface area contributed by atoms with E-state index >= 15 is 0 Å². The molecule has 0 bridgehead atoms. The van der Waals surface area contributed by atoms with Crippen molar-refractivity contribution in [2.75, 3.05) is 6.26 Å². The average molecular weight is 313 g/mol. The number of carbonyl (C=O) groups excluding carboxylic acids is 1. The Balaban J connectivity index is 1.91. The minimum atomic E-state index is -0.774. The van der Waals surface area contributed by atoms with Gasteiger partial charge in [-0.05, 0) is 37.4 Å². The summed E-state index contributed by atoms with van der Waals surface area (Å²) in [6.07, 6.45) is 11.2. The van der Waals surface area contributed by atoms with Crippen LogP contribution in [0.15, 0.2) is 0 Å². The maximum absolute atomic E-state index is 12.4. The van der Waals surface area contributed by atoms with E-state index in [2.05, 4.69) is 11.6 Å². The van der Waals surface area contributed by atoms with E-state index < -0.39 is 5.97 Å². The fraction of sp³-hybridized carbons (Fsp3) is 0.875. The van der Waals surface area contributed by atoms with E-state index in [1.165, 1.54) is 19.3 Å². The smallest absolute Gasteiger partial charge is 0.303 e. The number of hydrogen-bond donors (Lipinski definition) is 2. The molecular formula is C16H27NO3S. The first kappa shape index (κ1) is 16.7. The van der Waals surface area contributed by atoms with Crippen molar-refractivity contribution in [2.45, 2.75) is 75.5 Å². The first-order valence-electron chi connectivity index (χ1n) is 8.09. The van der Waals surface area contributed by atoms with Crippen molar-refractivity contribution in [3.8, 4) is 0 Å². The largest absolute Gasteiger partial charge is 0.481 e. The zero-order chi connectivity index (χ0) is 15.3. The Morgan fingerprint density at radius 1 is 1.14 bits per heavy atom. The first-order valence-corrected chi connectivity index (χ1v) is 9.37. The maximum atomic E-state index is 12.4. The van der Waals surface area contributed by atoms with Gasteiger partial charge in [-0.15, -0.1) is 0 Å². The molecule has 0 heterocycles. The molecule has 21 heavy (non-hydrogen) atoms. The van der Waals surface area contributed by atoms with Crippen LogP contribution >= 0.6 is 11.8 Å². The molecule has 2 rings (SSSR count). The van der Waals surface area contributed by atoms with Gasteiger partial charge < -0.3 is 10.4 Å². The van der Waals surface area contributed by atoms with Crippen LogP contribution in [0.25, 0.3) is 0 Å². The van der Waals surface area contributed by atoms with Gasteiger partial charge in [-0.3, -0.25) is 9.59 Å². The number of carboxylic acids is 1. The third kappa shape index (κ3) is 4.63.